The zero-order valence-electron chi connectivity index (χ0n) is 13.8. The Bertz CT molecular complexity index is 895. The molecule has 0 fully saturated rings. The van der Waals surface area contributed by atoms with E-state index in [2.05, 4.69) is 17.4 Å². The maximum atomic E-state index is 12.2. The van der Waals surface area contributed by atoms with E-state index in [1.54, 1.807) is 11.8 Å². The summed E-state index contributed by atoms with van der Waals surface area (Å²) >= 11 is 1.73. The largest absolute Gasteiger partial charge is 0.322 e. The predicted molar refractivity (Wildman–Crippen MR) is 103 cm³/mol. The van der Waals surface area contributed by atoms with Crippen LogP contribution in [-0.2, 0) is 5.75 Å². The molecule has 0 unspecified atom stereocenters. The molecule has 5 nitrogen and oxygen atoms in total. The van der Waals surface area contributed by atoms with E-state index in [9.17, 15) is 14.9 Å². The smallest absolute Gasteiger partial charge is 0.269 e. The van der Waals surface area contributed by atoms with Crippen molar-refractivity contribution in [2.75, 3.05) is 5.32 Å². The molecule has 0 heterocycles. The standard InChI is InChI=1S/C20H16N2O3S/c23-20(16-6-10-18(11-7-16)22(24)25)21-17-8-12-19(13-9-17)26-14-15-4-2-1-3-5-15/h1-13H,14H2,(H,21,23). The number of nitro benzene ring substituents is 1. The van der Waals surface area contributed by atoms with E-state index in [4.69, 9.17) is 0 Å². The van der Waals surface area contributed by atoms with Crippen molar-refractivity contribution < 1.29 is 9.72 Å². The van der Waals surface area contributed by atoms with Gasteiger partial charge in [-0.2, -0.15) is 0 Å². The molecule has 0 aliphatic carbocycles. The lowest BCUT2D eigenvalue weighted by atomic mass is 10.2. The van der Waals surface area contributed by atoms with Crippen LogP contribution >= 0.6 is 11.8 Å². The van der Waals surface area contributed by atoms with Gasteiger partial charge in [0, 0.05) is 34.0 Å². The quantitative estimate of drug-likeness (QED) is 0.373. The second-order valence-corrected chi connectivity index (χ2v) is 6.61. The van der Waals surface area contributed by atoms with E-state index in [0.717, 1.165) is 10.6 Å². The van der Waals surface area contributed by atoms with Crippen molar-refractivity contribution in [3.8, 4) is 0 Å². The van der Waals surface area contributed by atoms with Gasteiger partial charge >= 0.3 is 0 Å². The highest BCUT2D eigenvalue weighted by Crippen LogP contribution is 2.24. The molecular weight excluding hydrogens is 348 g/mol. The number of hydrogen-bond acceptors (Lipinski definition) is 4. The SMILES string of the molecule is O=C(Nc1ccc(SCc2ccccc2)cc1)c1ccc([N+](=O)[O-])cc1. The summed E-state index contributed by atoms with van der Waals surface area (Å²) in [6.45, 7) is 0. The number of nitrogens with zero attached hydrogens (tertiary/aromatic N) is 1. The average molecular weight is 364 g/mol. The van der Waals surface area contributed by atoms with Crippen LogP contribution in [-0.4, -0.2) is 10.8 Å². The molecule has 0 aromatic heterocycles. The molecule has 0 saturated carbocycles. The molecule has 0 atom stereocenters. The van der Waals surface area contributed by atoms with Crippen LogP contribution in [0.25, 0.3) is 0 Å². The summed E-state index contributed by atoms with van der Waals surface area (Å²) in [4.78, 5) is 23.5. The Morgan fingerprint density at radius 1 is 0.923 bits per heavy atom. The van der Waals surface area contributed by atoms with Crippen molar-refractivity contribution in [3.63, 3.8) is 0 Å². The Morgan fingerprint density at radius 2 is 1.58 bits per heavy atom. The lowest BCUT2D eigenvalue weighted by Crippen LogP contribution is -2.11. The Hall–Kier alpha value is -3.12. The summed E-state index contributed by atoms with van der Waals surface area (Å²) in [6.07, 6.45) is 0. The second-order valence-electron chi connectivity index (χ2n) is 5.56. The van der Waals surface area contributed by atoms with E-state index in [1.165, 1.54) is 29.8 Å². The Labute approximate surface area is 155 Å². The van der Waals surface area contributed by atoms with Crippen LogP contribution in [0.3, 0.4) is 0 Å². The van der Waals surface area contributed by atoms with E-state index in [0.29, 0.717) is 11.3 Å². The minimum atomic E-state index is -0.493. The molecule has 0 aliphatic rings. The summed E-state index contributed by atoms with van der Waals surface area (Å²) in [6, 6.07) is 23.3. The zero-order valence-corrected chi connectivity index (χ0v) is 14.6. The van der Waals surface area contributed by atoms with Crippen LogP contribution in [0.15, 0.2) is 83.8 Å². The van der Waals surface area contributed by atoms with Gasteiger partial charge in [0.1, 0.15) is 0 Å². The molecule has 0 spiro atoms. The molecule has 3 rings (SSSR count). The van der Waals surface area contributed by atoms with Crippen molar-refractivity contribution in [2.45, 2.75) is 10.6 Å². The van der Waals surface area contributed by atoms with Crippen LogP contribution in [0, 0.1) is 10.1 Å². The summed E-state index contributed by atoms with van der Waals surface area (Å²) in [5, 5.41) is 13.4. The predicted octanol–water partition coefficient (Wildman–Crippen LogP) is 5.14. The number of benzene rings is 3. The fourth-order valence-electron chi connectivity index (χ4n) is 2.31. The van der Waals surface area contributed by atoms with Crippen molar-refractivity contribution in [2.24, 2.45) is 0 Å². The third-order valence-electron chi connectivity index (χ3n) is 3.70. The second kappa shape index (κ2) is 8.31. The van der Waals surface area contributed by atoms with Gasteiger partial charge in [0.25, 0.3) is 11.6 Å². The first kappa shape index (κ1) is 17.7. The molecule has 130 valence electrons. The molecule has 3 aromatic rings. The monoisotopic (exact) mass is 364 g/mol. The van der Waals surface area contributed by atoms with E-state index >= 15 is 0 Å². The van der Waals surface area contributed by atoms with E-state index in [-0.39, 0.29) is 11.6 Å². The Balaban J connectivity index is 1.58. The number of carbonyl (C=O) groups is 1. The van der Waals surface area contributed by atoms with Crippen LogP contribution in [0.2, 0.25) is 0 Å². The van der Waals surface area contributed by atoms with Gasteiger partial charge in [0.05, 0.1) is 4.92 Å². The number of anilines is 1. The molecule has 26 heavy (non-hydrogen) atoms. The summed E-state index contributed by atoms with van der Waals surface area (Å²) in [5.41, 5.74) is 2.27. The summed E-state index contributed by atoms with van der Waals surface area (Å²) in [5.74, 6) is 0.583. The molecule has 0 radical (unpaired) electrons. The molecule has 3 aromatic carbocycles. The molecule has 1 amide bonds. The number of nitrogens with one attached hydrogen (secondary N) is 1. The fraction of sp³-hybridized carbons (Fsp3) is 0.0500. The number of carbonyl (C=O) groups excluding carboxylic acids is 1. The molecule has 0 aliphatic heterocycles. The summed E-state index contributed by atoms with van der Waals surface area (Å²) in [7, 11) is 0. The van der Waals surface area contributed by atoms with Gasteiger partial charge in [0.15, 0.2) is 0 Å². The van der Waals surface area contributed by atoms with Crippen molar-refractivity contribution in [1.29, 1.82) is 0 Å². The minimum Gasteiger partial charge on any atom is -0.322 e. The molecule has 6 heteroatoms. The average Bonchev–Trinajstić information content (AvgIpc) is 2.68. The van der Waals surface area contributed by atoms with Gasteiger partial charge in [-0.15, -0.1) is 11.8 Å². The Morgan fingerprint density at radius 3 is 2.19 bits per heavy atom. The van der Waals surface area contributed by atoms with Gasteiger partial charge < -0.3 is 5.32 Å². The highest BCUT2D eigenvalue weighted by Gasteiger charge is 2.09. The molecule has 0 saturated heterocycles. The summed E-state index contributed by atoms with van der Waals surface area (Å²) < 4.78 is 0. The minimum absolute atomic E-state index is 0.0404. The lowest BCUT2D eigenvalue weighted by Gasteiger charge is -2.07. The van der Waals surface area contributed by atoms with E-state index < -0.39 is 4.92 Å². The van der Waals surface area contributed by atoms with Gasteiger partial charge in [-0.25, -0.2) is 0 Å². The number of rotatable bonds is 6. The highest BCUT2D eigenvalue weighted by molar-refractivity contribution is 7.98. The van der Waals surface area contributed by atoms with Crippen LogP contribution in [0.4, 0.5) is 11.4 Å². The zero-order chi connectivity index (χ0) is 18.4. The first-order chi connectivity index (χ1) is 12.6. The molecule has 1 N–H and O–H groups in total. The third kappa shape index (κ3) is 4.70. The lowest BCUT2D eigenvalue weighted by molar-refractivity contribution is -0.384. The maximum absolute atomic E-state index is 12.2. The topological polar surface area (TPSA) is 72.2 Å². The number of nitro groups is 1. The van der Waals surface area contributed by atoms with Crippen molar-refractivity contribution in [3.05, 3.63) is 100 Å². The fourth-order valence-corrected chi connectivity index (χ4v) is 3.17. The first-order valence-electron chi connectivity index (χ1n) is 7.94. The molecule has 0 bridgehead atoms. The normalized spacial score (nSPS) is 10.3. The van der Waals surface area contributed by atoms with Crippen molar-refractivity contribution >= 4 is 29.0 Å². The van der Waals surface area contributed by atoms with Gasteiger partial charge in [-0.05, 0) is 42.0 Å². The van der Waals surface area contributed by atoms with Gasteiger partial charge in [0.2, 0.25) is 0 Å². The van der Waals surface area contributed by atoms with Crippen LogP contribution in [0.5, 0.6) is 0 Å². The molecular formula is C20H16N2O3S. The van der Waals surface area contributed by atoms with Crippen LogP contribution < -0.4 is 5.32 Å². The number of non-ortho nitro benzene ring substituents is 1. The number of hydrogen-bond donors (Lipinski definition) is 1. The van der Waals surface area contributed by atoms with Gasteiger partial charge in [-0.1, -0.05) is 30.3 Å². The maximum Gasteiger partial charge on any atom is 0.269 e. The number of thioether (sulfide) groups is 1. The first-order valence-corrected chi connectivity index (χ1v) is 8.93. The third-order valence-corrected chi connectivity index (χ3v) is 4.78. The van der Waals surface area contributed by atoms with Crippen LogP contribution in [0.1, 0.15) is 15.9 Å². The van der Waals surface area contributed by atoms with Crippen molar-refractivity contribution in [1.82, 2.24) is 0 Å². The number of amides is 1. The van der Waals surface area contributed by atoms with E-state index in [1.807, 2.05) is 42.5 Å². The highest BCUT2D eigenvalue weighted by atomic mass is 32.2. The van der Waals surface area contributed by atoms with Gasteiger partial charge in [-0.3, -0.25) is 14.9 Å². The Kier molecular flexibility index (Phi) is 5.66.